The van der Waals surface area contributed by atoms with Gasteiger partial charge < -0.3 is 0 Å². The molecule has 0 aliphatic heterocycles. The van der Waals surface area contributed by atoms with Crippen molar-refractivity contribution in [2.45, 2.75) is 19.3 Å². The van der Waals surface area contributed by atoms with Gasteiger partial charge in [-0.3, -0.25) is 0 Å². The molecule has 0 N–H and O–H groups in total. The van der Waals surface area contributed by atoms with E-state index in [4.69, 9.17) is 15.0 Å². The third-order valence-corrected chi connectivity index (χ3v) is 9.88. The van der Waals surface area contributed by atoms with Crippen molar-refractivity contribution in [1.29, 1.82) is 0 Å². The lowest BCUT2D eigenvalue weighted by molar-refractivity contribution is 0.661. The maximum atomic E-state index is 5.36. The van der Waals surface area contributed by atoms with E-state index in [0.29, 0.717) is 5.82 Å². The fraction of sp³-hybridized carbons (Fsp3) is 0.0652. The maximum absolute atomic E-state index is 5.36. The van der Waals surface area contributed by atoms with Crippen molar-refractivity contribution in [1.82, 2.24) is 15.0 Å². The number of nitrogens with zero attached hydrogens (tertiary/aromatic N) is 3. The Hall–Kier alpha value is -6.19. The van der Waals surface area contributed by atoms with Gasteiger partial charge >= 0.3 is 0 Å². The Kier molecular flexibility index (Phi) is 6.80. The molecule has 232 valence electrons. The van der Waals surface area contributed by atoms with Gasteiger partial charge in [0.15, 0.2) is 5.82 Å². The lowest BCUT2D eigenvalue weighted by atomic mass is 9.82. The fourth-order valence-corrected chi connectivity index (χ4v) is 7.33. The van der Waals surface area contributed by atoms with E-state index in [1.807, 2.05) is 36.4 Å². The highest BCUT2D eigenvalue weighted by atomic mass is 14.9. The summed E-state index contributed by atoms with van der Waals surface area (Å²) in [5, 5.41) is 1.16. The Balaban J connectivity index is 1.23. The van der Waals surface area contributed by atoms with Gasteiger partial charge in [0, 0.05) is 33.1 Å². The van der Waals surface area contributed by atoms with Crippen LogP contribution >= 0.6 is 0 Å². The normalized spacial score (nSPS) is 12.9. The highest BCUT2D eigenvalue weighted by molar-refractivity contribution is 6.01. The predicted molar refractivity (Wildman–Crippen MR) is 202 cm³/mol. The first-order valence-corrected chi connectivity index (χ1v) is 16.8. The molecular formula is C46H33N3. The summed E-state index contributed by atoms with van der Waals surface area (Å²) in [4.78, 5) is 15.5. The van der Waals surface area contributed by atoms with Crippen LogP contribution in [0.1, 0.15) is 25.0 Å². The van der Waals surface area contributed by atoms with Gasteiger partial charge in [0.05, 0.1) is 22.6 Å². The third kappa shape index (κ3) is 5.03. The van der Waals surface area contributed by atoms with Gasteiger partial charge in [-0.05, 0) is 63.7 Å². The first kappa shape index (κ1) is 29.0. The van der Waals surface area contributed by atoms with Crippen molar-refractivity contribution in [3.63, 3.8) is 0 Å². The largest absolute Gasteiger partial charge is 0.248 e. The average Bonchev–Trinajstić information content (AvgIpc) is 3.39. The van der Waals surface area contributed by atoms with Crippen LogP contribution in [0.25, 0.3) is 78.3 Å². The second-order valence-corrected chi connectivity index (χ2v) is 13.3. The summed E-state index contributed by atoms with van der Waals surface area (Å²) >= 11 is 0. The summed E-state index contributed by atoms with van der Waals surface area (Å²) < 4.78 is 0. The van der Waals surface area contributed by atoms with Gasteiger partial charge in [-0.25, -0.2) is 15.0 Å². The van der Waals surface area contributed by atoms with Crippen molar-refractivity contribution >= 4 is 10.9 Å². The molecule has 1 aliphatic rings. The van der Waals surface area contributed by atoms with Crippen LogP contribution in [0.5, 0.6) is 0 Å². The van der Waals surface area contributed by atoms with Crippen LogP contribution < -0.4 is 0 Å². The van der Waals surface area contributed by atoms with Crippen LogP contribution in [-0.2, 0) is 5.41 Å². The molecule has 3 heteroatoms. The summed E-state index contributed by atoms with van der Waals surface area (Å²) in [7, 11) is 0. The number of aromatic nitrogens is 3. The zero-order valence-electron chi connectivity index (χ0n) is 27.4. The summed E-state index contributed by atoms with van der Waals surface area (Å²) in [6, 6.07) is 57.6. The summed E-state index contributed by atoms with van der Waals surface area (Å²) in [6.45, 7) is 4.64. The molecule has 0 unspecified atom stereocenters. The Morgan fingerprint density at radius 3 is 1.59 bits per heavy atom. The van der Waals surface area contributed by atoms with Gasteiger partial charge in [-0.15, -0.1) is 0 Å². The number of benzene rings is 6. The van der Waals surface area contributed by atoms with E-state index in [1.54, 1.807) is 0 Å². The Morgan fingerprint density at radius 2 is 0.918 bits per heavy atom. The predicted octanol–water partition coefficient (Wildman–Crippen LogP) is 11.7. The highest BCUT2D eigenvalue weighted by Crippen LogP contribution is 2.50. The third-order valence-electron chi connectivity index (χ3n) is 9.88. The lowest BCUT2D eigenvalue weighted by Crippen LogP contribution is -2.14. The van der Waals surface area contributed by atoms with E-state index in [9.17, 15) is 0 Å². The molecule has 0 radical (unpaired) electrons. The number of rotatable bonds is 5. The molecule has 0 fully saturated rings. The van der Waals surface area contributed by atoms with E-state index < -0.39 is 0 Å². The van der Waals surface area contributed by atoms with E-state index in [0.717, 1.165) is 50.2 Å². The highest BCUT2D eigenvalue weighted by Gasteiger charge is 2.35. The minimum absolute atomic E-state index is 0.109. The van der Waals surface area contributed by atoms with E-state index >= 15 is 0 Å². The van der Waals surface area contributed by atoms with Gasteiger partial charge in [-0.2, -0.15) is 0 Å². The first-order chi connectivity index (χ1) is 24.0. The molecule has 2 aromatic heterocycles. The van der Waals surface area contributed by atoms with Crippen LogP contribution in [-0.4, -0.2) is 15.0 Å². The quantitative estimate of drug-likeness (QED) is 0.191. The van der Waals surface area contributed by atoms with E-state index in [-0.39, 0.29) is 5.41 Å². The fourth-order valence-electron chi connectivity index (χ4n) is 7.33. The molecule has 0 atom stereocenters. The SMILES string of the molecule is CC1(C)c2ccccc2-c2cc3c(-c4ccccc4)cc(-c4cccc(-c5nc(-c6ccccc6)cc(-c6ccccc6)n5)c4)nc3cc21. The molecule has 0 spiro atoms. The number of hydrogen-bond acceptors (Lipinski definition) is 3. The van der Waals surface area contributed by atoms with Crippen LogP contribution in [0.2, 0.25) is 0 Å². The Morgan fingerprint density at radius 1 is 0.367 bits per heavy atom. The van der Waals surface area contributed by atoms with Crippen LogP contribution in [0.3, 0.4) is 0 Å². The summed E-state index contributed by atoms with van der Waals surface area (Å²) in [5.41, 5.74) is 15.3. The monoisotopic (exact) mass is 627 g/mol. The molecule has 0 bridgehead atoms. The number of pyridine rings is 1. The van der Waals surface area contributed by atoms with E-state index in [2.05, 4.69) is 141 Å². The maximum Gasteiger partial charge on any atom is 0.160 e. The molecule has 6 aromatic carbocycles. The minimum Gasteiger partial charge on any atom is -0.248 e. The zero-order chi connectivity index (χ0) is 33.0. The standard InChI is InChI=1S/C46H33N3/c1-46(2)39-24-13-12-23-35(39)37-26-38-36(30-15-6-3-7-16-30)27-41(47-44(38)28-40(37)46)33-21-14-22-34(25-33)45-48-42(31-17-8-4-9-18-31)29-43(49-45)32-19-10-5-11-20-32/h3-29H,1-2H3. The van der Waals surface area contributed by atoms with Crippen molar-refractivity contribution in [2.75, 3.05) is 0 Å². The minimum atomic E-state index is -0.109. The molecule has 0 saturated heterocycles. The number of hydrogen-bond donors (Lipinski definition) is 0. The molecule has 1 aliphatic carbocycles. The molecule has 0 saturated carbocycles. The Labute approximate surface area is 286 Å². The topological polar surface area (TPSA) is 38.7 Å². The van der Waals surface area contributed by atoms with Crippen LogP contribution in [0.15, 0.2) is 164 Å². The lowest BCUT2D eigenvalue weighted by Gasteiger charge is -2.22. The number of fused-ring (bicyclic) bond motifs is 4. The van der Waals surface area contributed by atoms with Gasteiger partial charge in [-0.1, -0.05) is 147 Å². The van der Waals surface area contributed by atoms with Crippen molar-refractivity contribution in [3.8, 4) is 67.4 Å². The van der Waals surface area contributed by atoms with Crippen LogP contribution in [0.4, 0.5) is 0 Å². The molecule has 8 aromatic rings. The Bertz CT molecular complexity index is 2440. The van der Waals surface area contributed by atoms with Crippen LogP contribution in [0, 0.1) is 0 Å². The summed E-state index contributed by atoms with van der Waals surface area (Å²) in [6.07, 6.45) is 0. The molecule has 49 heavy (non-hydrogen) atoms. The zero-order valence-corrected chi connectivity index (χ0v) is 27.4. The van der Waals surface area contributed by atoms with E-state index in [1.165, 1.54) is 33.4 Å². The molecule has 2 heterocycles. The molecule has 0 amide bonds. The molecule has 9 rings (SSSR count). The summed E-state index contributed by atoms with van der Waals surface area (Å²) in [5.74, 6) is 0.684. The molecule has 3 nitrogen and oxygen atoms in total. The molecular weight excluding hydrogens is 595 g/mol. The second-order valence-electron chi connectivity index (χ2n) is 13.3. The average molecular weight is 628 g/mol. The van der Waals surface area contributed by atoms with Gasteiger partial charge in [0.1, 0.15) is 0 Å². The second kappa shape index (κ2) is 11.5. The van der Waals surface area contributed by atoms with Crippen molar-refractivity contribution in [2.24, 2.45) is 0 Å². The smallest absolute Gasteiger partial charge is 0.160 e. The van der Waals surface area contributed by atoms with Gasteiger partial charge in [0.25, 0.3) is 0 Å². The van der Waals surface area contributed by atoms with Crippen molar-refractivity contribution < 1.29 is 0 Å². The first-order valence-electron chi connectivity index (χ1n) is 16.8. The van der Waals surface area contributed by atoms with Gasteiger partial charge in [0.2, 0.25) is 0 Å². The van der Waals surface area contributed by atoms with Crippen molar-refractivity contribution in [3.05, 3.63) is 175 Å².